The van der Waals surface area contributed by atoms with Gasteiger partial charge in [-0.1, -0.05) is 23.7 Å². The number of hydrogen-bond acceptors (Lipinski definition) is 2. The maximum absolute atomic E-state index is 10.8. The topological polar surface area (TPSA) is 68.2 Å². The number of aromatic nitrogens is 1. The van der Waals surface area contributed by atoms with E-state index in [1.807, 2.05) is 36.0 Å². The first-order chi connectivity index (χ1) is 8.00. The minimum Gasteiger partial charge on any atom is -0.480 e. The first-order valence-electron chi connectivity index (χ1n) is 5.21. The Bertz CT molecular complexity index is 577. The molecule has 0 aliphatic carbocycles. The van der Waals surface area contributed by atoms with Crippen LogP contribution in [0.5, 0.6) is 0 Å². The predicted octanol–water partition coefficient (Wildman–Crippen LogP) is 1.79. The van der Waals surface area contributed by atoms with Crippen LogP contribution in [-0.2, 0) is 18.3 Å². The molecule has 5 heteroatoms. The van der Waals surface area contributed by atoms with Crippen molar-refractivity contribution in [2.45, 2.75) is 12.5 Å². The lowest BCUT2D eigenvalue weighted by Crippen LogP contribution is -2.32. The summed E-state index contributed by atoms with van der Waals surface area (Å²) >= 11 is 6.14. The number of aryl methyl sites for hydroxylation is 1. The average Bonchev–Trinajstić information content (AvgIpc) is 2.55. The van der Waals surface area contributed by atoms with Crippen LogP contribution in [0.4, 0.5) is 0 Å². The molecule has 0 aliphatic heterocycles. The summed E-state index contributed by atoms with van der Waals surface area (Å²) in [5.41, 5.74) is 7.39. The van der Waals surface area contributed by atoms with Crippen molar-refractivity contribution < 1.29 is 9.90 Å². The molecule has 90 valence electrons. The Morgan fingerprint density at radius 1 is 1.59 bits per heavy atom. The third kappa shape index (κ3) is 2.14. The second kappa shape index (κ2) is 4.39. The molecule has 1 unspecified atom stereocenters. The zero-order valence-electron chi connectivity index (χ0n) is 9.35. The zero-order chi connectivity index (χ0) is 12.6. The Morgan fingerprint density at radius 2 is 2.29 bits per heavy atom. The summed E-state index contributed by atoms with van der Waals surface area (Å²) in [6, 6.07) is 4.77. The lowest BCUT2D eigenvalue weighted by Gasteiger charge is -2.08. The molecule has 0 amide bonds. The molecular formula is C12H13ClN2O2. The van der Waals surface area contributed by atoms with Gasteiger partial charge in [-0.15, -0.1) is 0 Å². The normalized spacial score (nSPS) is 12.9. The number of halogens is 1. The van der Waals surface area contributed by atoms with Crippen LogP contribution in [0.3, 0.4) is 0 Å². The number of carboxylic acids is 1. The zero-order valence-corrected chi connectivity index (χ0v) is 10.1. The molecule has 0 fully saturated rings. The van der Waals surface area contributed by atoms with E-state index < -0.39 is 12.0 Å². The predicted molar refractivity (Wildman–Crippen MR) is 67.2 cm³/mol. The van der Waals surface area contributed by atoms with Crippen molar-refractivity contribution in [3.63, 3.8) is 0 Å². The number of aliphatic carboxylic acids is 1. The van der Waals surface area contributed by atoms with Gasteiger partial charge in [-0.05, 0) is 18.1 Å². The summed E-state index contributed by atoms with van der Waals surface area (Å²) in [4.78, 5) is 10.8. The van der Waals surface area contributed by atoms with Crippen LogP contribution in [0.2, 0.25) is 5.02 Å². The molecule has 4 nitrogen and oxygen atoms in total. The number of fused-ring (bicyclic) bond motifs is 1. The quantitative estimate of drug-likeness (QED) is 0.875. The maximum Gasteiger partial charge on any atom is 0.320 e. The number of carbonyl (C=O) groups is 1. The number of rotatable bonds is 3. The van der Waals surface area contributed by atoms with Gasteiger partial charge < -0.3 is 15.4 Å². The van der Waals surface area contributed by atoms with Gasteiger partial charge in [0.05, 0.1) is 5.02 Å². The molecule has 1 heterocycles. The number of hydrogen-bond donors (Lipinski definition) is 2. The van der Waals surface area contributed by atoms with Gasteiger partial charge in [-0.25, -0.2) is 0 Å². The molecule has 2 rings (SSSR count). The molecule has 0 bridgehead atoms. The summed E-state index contributed by atoms with van der Waals surface area (Å²) in [5.74, 6) is -1.01. The van der Waals surface area contributed by atoms with Crippen LogP contribution in [-0.4, -0.2) is 21.7 Å². The van der Waals surface area contributed by atoms with E-state index in [0.29, 0.717) is 5.02 Å². The average molecular weight is 253 g/mol. The van der Waals surface area contributed by atoms with Crippen molar-refractivity contribution in [2.75, 3.05) is 0 Å². The fourth-order valence-corrected chi connectivity index (χ4v) is 2.32. The summed E-state index contributed by atoms with van der Waals surface area (Å²) in [6.07, 6.45) is 2.08. The standard InChI is InChI=1S/C12H13ClN2O2/c1-15-6-8(13)11-7(3-2-4-10(11)15)5-9(14)12(16)17/h2-4,6,9H,5,14H2,1H3,(H,16,17). The molecule has 1 aromatic carbocycles. The number of benzene rings is 1. The minimum atomic E-state index is -1.01. The van der Waals surface area contributed by atoms with Crippen molar-refractivity contribution in [3.8, 4) is 0 Å². The second-order valence-electron chi connectivity index (χ2n) is 4.05. The Labute approximate surface area is 104 Å². The van der Waals surface area contributed by atoms with E-state index in [0.717, 1.165) is 16.5 Å². The highest BCUT2D eigenvalue weighted by atomic mass is 35.5. The molecule has 1 aromatic heterocycles. The summed E-state index contributed by atoms with van der Waals surface area (Å²) in [7, 11) is 1.90. The van der Waals surface area contributed by atoms with E-state index in [-0.39, 0.29) is 6.42 Å². The lowest BCUT2D eigenvalue weighted by molar-refractivity contribution is -0.138. The smallest absolute Gasteiger partial charge is 0.320 e. The van der Waals surface area contributed by atoms with Crippen LogP contribution in [0, 0.1) is 0 Å². The second-order valence-corrected chi connectivity index (χ2v) is 4.46. The van der Waals surface area contributed by atoms with Gasteiger partial charge in [-0.3, -0.25) is 4.79 Å². The number of carboxylic acid groups (broad SMARTS) is 1. The SMILES string of the molecule is Cn1cc(Cl)c2c(CC(N)C(=O)O)cccc21. The molecule has 2 aromatic rings. The van der Waals surface area contributed by atoms with E-state index in [1.54, 1.807) is 0 Å². The Morgan fingerprint density at radius 3 is 2.94 bits per heavy atom. The highest BCUT2D eigenvalue weighted by Crippen LogP contribution is 2.28. The molecule has 0 saturated carbocycles. The molecule has 3 N–H and O–H groups in total. The van der Waals surface area contributed by atoms with Crippen LogP contribution in [0.15, 0.2) is 24.4 Å². The van der Waals surface area contributed by atoms with E-state index in [2.05, 4.69) is 0 Å². The van der Waals surface area contributed by atoms with Crippen molar-refractivity contribution in [1.82, 2.24) is 4.57 Å². The van der Waals surface area contributed by atoms with Crippen LogP contribution < -0.4 is 5.73 Å². The maximum atomic E-state index is 10.8. The van der Waals surface area contributed by atoms with Gasteiger partial charge in [-0.2, -0.15) is 0 Å². The monoisotopic (exact) mass is 252 g/mol. The van der Waals surface area contributed by atoms with E-state index in [1.165, 1.54) is 0 Å². The Balaban J connectivity index is 2.51. The molecular weight excluding hydrogens is 240 g/mol. The van der Waals surface area contributed by atoms with Crippen molar-refractivity contribution in [2.24, 2.45) is 12.8 Å². The summed E-state index contributed by atoms with van der Waals surface area (Å²) in [6.45, 7) is 0. The highest BCUT2D eigenvalue weighted by molar-refractivity contribution is 6.35. The van der Waals surface area contributed by atoms with Gasteiger partial charge in [0.15, 0.2) is 0 Å². The first kappa shape index (κ1) is 12.0. The van der Waals surface area contributed by atoms with Gasteiger partial charge in [0, 0.05) is 24.1 Å². The molecule has 0 spiro atoms. The fraction of sp³-hybridized carbons (Fsp3) is 0.250. The largest absolute Gasteiger partial charge is 0.480 e. The lowest BCUT2D eigenvalue weighted by atomic mass is 10.0. The van der Waals surface area contributed by atoms with Gasteiger partial charge in [0.2, 0.25) is 0 Å². The minimum absolute atomic E-state index is 0.274. The molecule has 17 heavy (non-hydrogen) atoms. The third-order valence-electron chi connectivity index (χ3n) is 2.81. The van der Waals surface area contributed by atoms with Gasteiger partial charge >= 0.3 is 5.97 Å². The van der Waals surface area contributed by atoms with Crippen LogP contribution in [0.1, 0.15) is 5.56 Å². The molecule has 0 saturated heterocycles. The first-order valence-corrected chi connectivity index (χ1v) is 5.59. The Hall–Kier alpha value is -1.52. The van der Waals surface area contributed by atoms with Crippen molar-refractivity contribution >= 4 is 28.5 Å². The van der Waals surface area contributed by atoms with Crippen LogP contribution in [0.25, 0.3) is 10.9 Å². The van der Waals surface area contributed by atoms with Gasteiger partial charge in [0.1, 0.15) is 6.04 Å². The summed E-state index contributed by atoms with van der Waals surface area (Å²) in [5, 5.41) is 10.3. The van der Waals surface area contributed by atoms with Crippen LogP contribution >= 0.6 is 11.6 Å². The highest BCUT2D eigenvalue weighted by Gasteiger charge is 2.16. The fourth-order valence-electron chi connectivity index (χ4n) is 1.95. The molecule has 0 radical (unpaired) electrons. The van der Waals surface area contributed by atoms with Gasteiger partial charge in [0.25, 0.3) is 0 Å². The van der Waals surface area contributed by atoms with E-state index in [9.17, 15) is 4.79 Å². The third-order valence-corrected chi connectivity index (χ3v) is 3.10. The van der Waals surface area contributed by atoms with Crippen molar-refractivity contribution in [3.05, 3.63) is 35.0 Å². The van der Waals surface area contributed by atoms with Crippen molar-refractivity contribution in [1.29, 1.82) is 0 Å². The van der Waals surface area contributed by atoms with E-state index >= 15 is 0 Å². The van der Waals surface area contributed by atoms with E-state index in [4.69, 9.17) is 22.4 Å². The molecule has 1 atom stereocenters. The number of nitrogens with zero attached hydrogens (tertiary/aromatic N) is 1. The Kier molecular flexibility index (Phi) is 3.09. The molecule has 0 aliphatic rings. The summed E-state index contributed by atoms with van der Waals surface area (Å²) < 4.78 is 1.91. The number of nitrogens with two attached hydrogens (primary N) is 1.